The van der Waals surface area contributed by atoms with Crippen LogP contribution >= 0.6 is 11.6 Å². The van der Waals surface area contributed by atoms with Crippen LogP contribution in [0.2, 0.25) is 5.02 Å². The predicted molar refractivity (Wildman–Crippen MR) is 127 cm³/mol. The molecule has 1 atom stereocenters. The van der Waals surface area contributed by atoms with Gasteiger partial charge < -0.3 is 10.6 Å². The van der Waals surface area contributed by atoms with Crippen LogP contribution in [0.3, 0.4) is 0 Å². The Morgan fingerprint density at radius 1 is 1.15 bits per heavy atom. The number of aromatic nitrogens is 7. The summed E-state index contributed by atoms with van der Waals surface area (Å²) in [6, 6.07) is 12.6. The smallest absolute Gasteiger partial charge is 0.228 e. The number of hydrogen-bond acceptors (Lipinski definition) is 7. The summed E-state index contributed by atoms with van der Waals surface area (Å²) >= 11 is 5.82. The van der Waals surface area contributed by atoms with E-state index in [1.807, 2.05) is 41.8 Å². The van der Waals surface area contributed by atoms with Crippen molar-refractivity contribution in [3.8, 4) is 11.3 Å². The Morgan fingerprint density at radius 2 is 2.06 bits per heavy atom. The normalized spacial score (nSPS) is 14.9. The molecule has 4 aromatic heterocycles. The Kier molecular flexibility index (Phi) is 4.88. The van der Waals surface area contributed by atoms with Crippen LogP contribution in [0.5, 0.6) is 0 Å². The number of anilines is 3. The molecule has 5 aromatic rings. The molecule has 0 radical (unpaired) electrons. The van der Waals surface area contributed by atoms with Gasteiger partial charge in [0.15, 0.2) is 5.65 Å². The molecule has 0 aliphatic carbocycles. The first-order valence-corrected chi connectivity index (χ1v) is 11.1. The molecule has 0 unspecified atom stereocenters. The fourth-order valence-corrected chi connectivity index (χ4v) is 4.33. The maximum atomic E-state index is 13.9. The molecule has 6 rings (SSSR count). The number of benzene rings is 1. The van der Waals surface area contributed by atoms with Crippen molar-refractivity contribution in [2.24, 2.45) is 7.05 Å². The summed E-state index contributed by atoms with van der Waals surface area (Å²) in [5.41, 5.74) is 3.22. The lowest BCUT2D eigenvalue weighted by Crippen LogP contribution is -2.24. The lowest BCUT2D eigenvalue weighted by atomic mass is 9.97. The number of rotatable bonds is 5. The van der Waals surface area contributed by atoms with E-state index in [1.54, 1.807) is 23.1 Å². The van der Waals surface area contributed by atoms with Gasteiger partial charge in [-0.25, -0.2) is 14.4 Å². The number of pyridine rings is 1. The maximum Gasteiger partial charge on any atom is 0.228 e. The second-order valence-corrected chi connectivity index (χ2v) is 8.55. The Labute approximate surface area is 198 Å². The van der Waals surface area contributed by atoms with E-state index in [4.69, 9.17) is 11.6 Å². The number of aryl methyl sites for hydroxylation is 1. The van der Waals surface area contributed by atoms with E-state index < -0.39 is 5.82 Å². The Balaban J connectivity index is 1.31. The molecule has 1 aliphatic rings. The van der Waals surface area contributed by atoms with Gasteiger partial charge in [0.05, 0.1) is 16.9 Å². The first-order valence-electron chi connectivity index (χ1n) is 10.7. The third kappa shape index (κ3) is 3.61. The van der Waals surface area contributed by atoms with Crippen LogP contribution in [-0.2, 0) is 13.5 Å². The lowest BCUT2D eigenvalue weighted by molar-refractivity contribution is 0.612. The van der Waals surface area contributed by atoms with Gasteiger partial charge in [-0.3, -0.25) is 9.08 Å². The summed E-state index contributed by atoms with van der Waals surface area (Å²) in [4.78, 5) is 8.97. The Hall–Kier alpha value is -4.05. The van der Waals surface area contributed by atoms with Crippen LogP contribution in [0.25, 0.3) is 16.9 Å². The molecule has 0 bridgehead atoms. The van der Waals surface area contributed by atoms with Crippen molar-refractivity contribution in [3.05, 3.63) is 77.1 Å². The van der Waals surface area contributed by atoms with E-state index in [-0.39, 0.29) is 10.9 Å². The third-order valence-corrected chi connectivity index (χ3v) is 6.21. The van der Waals surface area contributed by atoms with Crippen molar-refractivity contribution in [2.75, 3.05) is 17.2 Å². The summed E-state index contributed by atoms with van der Waals surface area (Å²) in [5.74, 6) is 2.61. The summed E-state index contributed by atoms with van der Waals surface area (Å²) in [7, 11) is 1.84. The fourth-order valence-electron chi connectivity index (χ4n) is 4.21. The monoisotopic (exact) mass is 475 g/mol. The van der Waals surface area contributed by atoms with Gasteiger partial charge in [-0.1, -0.05) is 17.7 Å². The highest BCUT2D eigenvalue weighted by Crippen LogP contribution is 2.32. The summed E-state index contributed by atoms with van der Waals surface area (Å²) in [6.45, 7) is 0.651. The van der Waals surface area contributed by atoms with E-state index in [9.17, 15) is 4.39 Å². The van der Waals surface area contributed by atoms with Gasteiger partial charge in [0.1, 0.15) is 23.3 Å². The van der Waals surface area contributed by atoms with Gasteiger partial charge in [0.2, 0.25) is 5.95 Å². The fraction of sp³-hybridized carbons (Fsp3) is 0.174. The van der Waals surface area contributed by atoms with Crippen molar-refractivity contribution >= 4 is 34.8 Å². The highest BCUT2D eigenvalue weighted by molar-refractivity contribution is 6.30. The summed E-state index contributed by atoms with van der Waals surface area (Å²) in [5, 5.41) is 19.8. The van der Waals surface area contributed by atoms with Crippen molar-refractivity contribution in [1.82, 2.24) is 34.3 Å². The van der Waals surface area contributed by atoms with Gasteiger partial charge in [-0.05, 0) is 42.3 Å². The van der Waals surface area contributed by atoms with Crippen LogP contribution in [0.1, 0.15) is 17.3 Å². The van der Waals surface area contributed by atoms with Gasteiger partial charge in [-0.2, -0.15) is 5.10 Å². The van der Waals surface area contributed by atoms with Crippen molar-refractivity contribution in [2.45, 2.75) is 12.3 Å². The maximum absolute atomic E-state index is 13.9. The first kappa shape index (κ1) is 20.5. The molecule has 0 fully saturated rings. The van der Waals surface area contributed by atoms with E-state index in [1.165, 1.54) is 6.07 Å². The van der Waals surface area contributed by atoms with Crippen LogP contribution in [-0.4, -0.2) is 40.9 Å². The molecule has 2 N–H and O–H groups in total. The van der Waals surface area contributed by atoms with E-state index in [0.717, 1.165) is 34.3 Å². The average Bonchev–Trinajstić information content (AvgIpc) is 3.45. The topological polar surface area (TPSA) is 97.9 Å². The largest absolute Gasteiger partial charge is 0.370 e. The van der Waals surface area contributed by atoms with Crippen LogP contribution < -0.4 is 10.6 Å². The minimum absolute atomic E-state index is 0.0441. The zero-order chi connectivity index (χ0) is 23.2. The second-order valence-electron chi connectivity index (χ2n) is 8.14. The first-order chi connectivity index (χ1) is 16.5. The quantitative estimate of drug-likeness (QED) is 0.393. The average molecular weight is 476 g/mol. The zero-order valence-corrected chi connectivity index (χ0v) is 18.8. The molecular formula is C23H19ClFN9. The van der Waals surface area contributed by atoms with Gasteiger partial charge in [0, 0.05) is 37.3 Å². The number of hydrogen-bond donors (Lipinski definition) is 2. The Bertz CT molecular complexity index is 1530. The summed E-state index contributed by atoms with van der Waals surface area (Å²) < 4.78 is 17.6. The van der Waals surface area contributed by atoms with Crippen molar-refractivity contribution in [1.29, 1.82) is 0 Å². The second kappa shape index (κ2) is 8.07. The molecular weight excluding hydrogens is 457 g/mol. The van der Waals surface area contributed by atoms with Crippen LogP contribution in [0.4, 0.5) is 22.0 Å². The molecule has 0 saturated heterocycles. The predicted octanol–water partition coefficient (Wildman–Crippen LogP) is 4.21. The number of nitrogens with one attached hydrogen (secondary N) is 2. The van der Waals surface area contributed by atoms with Crippen molar-refractivity contribution < 1.29 is 4.39 Å². The Morgan fingerprint density at radius 3 is 2.88 bits per heavy atom. The molecule has 9 nitrogen and oxygen atoms in total. The van der Waals surface area contributed by atoms with Crippen LogP contribution in [0, 0.1) is 5.82 Å². The molecule has 0 saturated carbocycles. The summed E-state index contributed by atoms with van der Waals surface area (Å²) in [6.07, 6.45) is 4.04. The van der Waals surface area contributed by atoms with Gasteiger partial charge in [0.25, 0.3) is 0 Å². The molecule has 34 heavy (non-hydrogen) atoms. The van der Waals surface area contributed by atoms with E-state index >= 15 is 0 Å². The third-order valence-electron chi connectivity index (χ3n) is 5.90. The zero-order valence-electron chi connectivity index (χ0n) is 18.1. The van der Waals surface area contributed by atoms with Gasteiger partial charge >= 0.3 is 0 Å². The number of nitrogens with zero attached hydrogens (tertiary/aromatic N) is 7. The molecule has 5 heterocycles. The molecule has 1 aliphatic heterocycles. The minimum Gasteiger partial charge on any atom is -0.370 e. The molecule has 0 amide bonds. The minimum atomic E-state index is -0.415. The highest BCUT2D eigenvalue weighted by atomic mass is 35.5. The highest BCUT2D eigenvalue weighted by Gasteiger charge is 2.26. The van der Waals surface area contributed by atoms with Crippen molar-refractivity contribution in [3.63, 3.8) is 0 Å². The standard InChI is InChI=1S/C23H19ClFN9/c1-33-19(5-7-28-33)30-23-26-6-4-18(29-23)14-10-20-27-12-15(22-32-31-21(11-14)34(20)22)8-13-2-3-16(24)17(25)9-13/h2-7,9-11,15,27H,8,12H2,1H3,(H,26,29,30)/t15-/m1/s1. The molecule has 0 spiro atoms. The molecule has 170 valence electrons. The number of halogens is 2. The molecule has 11 heteroatoms. The van der Waals surface area contributed by atoms with E-state index in [0.29, 0.717) is 24.6 Å². The SMILES string of the molecule is Cn1nccc1Nc1nccc(-c2cc3n4c(nnc4c2)[C@H](Cc2ccc(Cl)c(F)c2)CN3)n1. The van der Waals surface area contributed by atoms with Crippen LogP contribution in [0.15, 0.2) is 54.9 Å². The lowest BCUT2D eigenvalue weighted by Gasteiger charge is -2.24. The van der Waals surface area contributed by atoms with Gasteiger partial charge in [-0.15, -0.1) is 10.2 Å². The van der Waals surface area contributed by atoms with E-state index in [2.05, 4.69) is 35.9 Å². The molecule has 1 aromatic carbocycles.